The first-order chi connectivity index (χ1) is 11.1. The first-order valence-corrected chi connectivity index (χ1v) is 10.2. The van der Waals surface area contributed by atoms with Crippen LogP contribution in [0.1, 0.15) is 72.1 Å². The highest BCUT2D eigenvalue weighted by atomic mass is 15.8. The molecule has 5 rings (SSSR count). The highest BCUT2D eigenvalue weighted by Gasteiger charge is 2.73. The first-order valence-electron chi connectivity index (χ1n) is 10.2. The molecule has 2 saturated carbocycles. The van der Waals surface area contributed by atoms with Crippen LogP contribution in [-0.4, -0.2) is 46.4 Å². The van der Waals surface area contributed by atoms with Crippen molar-refractivity contribution in [1.82, 2.24) is 20.7 Å². The predicted octanol–water partition coefficient (Wildman–Crippen LogP) is 2.66. The van der Waals surface area contributed by atoms with E-state index in [-0.39, 0.29) is 5.66 Å². The molecule has 4 heteroatoms. The zero-order valence-corrected chi connectivity index (χ0v) is 15.1. The molecular weight excluding hydrogens is 284 g/mol. The lowest BCUT2D eigenvalue weighted by atomic mass is 9.53. The average molecular weight is 319 g/mol. The summed E-state index contributed by atoms with van der Waals surface area (Å²) in [6.45, 7) is 8.42. The molecule has 23 heavy (non-hydrogen) atoms. The van der Waals surface area contributed by atoms with E-state index in [2.05, 4.69) is 41.4 Å². The highest BCUT2D eigenvalue weighted by Crippen LogP contribution is 2.65. The monoisotopic (exact) mass is 318 g/mol. The van der Waals surface area contributed by atoms with Crippen LogP contribution >= 0.6 is 0 Å². The Labute approximate surface area is 141 Å². The molecule has 0 aromatic heterocycles. The van der Waals surface area contributed by atoms with Crippen LogP contribution in [0, 0.1) is 11.3 Å². The molecule has 2 N–H and O–H groups in total. The van der Waals surface area contributed by atoms with Gasteiger partial charge in [-0.3, -0.25) is 4.90 Å². The van der Waals surface area contributed by atoms with Crippen molar-refractivity contribution in [3.8, 4) is 0 Å². The SMILES string of the molecule is CC1CNC(C)C23N1NC(C)N2C1CCCC(C1)C31CCCC1. The smallest absolute Gasteiger partial charge is 0.110 e. The summed E-state index contributed by atoms with van der Waals surface area (Å²) in [6.07, 6.45) is 12.1. The lowest BCUT2D eigenvalue weighted by Crippen LogP contribution is -2.82. The molecule has 5 fully saturated rings. The van der Waals surface area contributed by atoms with Crippen molar-refractivity contribution >= 4 is 0 Å². The van der Waals surface area contributed by atoms with Crippen molar-refractivity contribution in [2.45, 2.75) is 102 Å². The Kier molecular flexibility index (Phi) is 3.25. The minimum atomic E-state index is 0.203. The minimum Gasteiger partial charge on any atom is -0.309 e. The summed E-state index contributed by atoms with van der Waals surface area (Å²) < 4.78 is 0. The number of hydrogen-bond donors (Lipinski definition) is 2. The fraction of sp³-hybridized carbons (Fsp3) is 1.00. The van der Waals surface area contributed by atoms with Crippen LogP contribution in [0.2, 0.25) is 0 Å². The van der Waals surface area contributed by atoms with Crippen LogP contribution in [0.25, 0.3) is 0 Å². The van der Waals surface area contributed by atoms with Crippen molar-refractivity contribution in [1.29, 1.82) is 0 Å². The van der Waals surface area contributed by atoms with Gasteiger partial charge in [-0.25, -0.2) is 10.4 Å². The normalized spacial score (nSPS) is 52.6. The second-order valence-electron chi connectivity index (χ2n) is 9.17. The van der Waals surface area contributed by atoms with Crippen molar-refractivity contribution in [2.24, 2.45) is 11.3 Å². The Morgan fingerprint density at radius 1 is 1.00 bits per heavy atom. The summed E-state index contributed by atoms with van der Waals surface area (Å²) in [7, 11) is 0. The lowest BCUT2D eigenvalue weighted by Gasteiger charge is -2.69. The Morgan fingerprint density at radius 2 is 1.78 bits per heavy atom. The quantitative estimate of drug-likeness (QED) is 0.719. The molecule has 0 amide bonds. The number of nitrogens with one attached hydrogen (secondary N) is 2. The van der Waals surface area contributed by atoms with Gasteiger partial charge in [0.15, 0.2) is 0 Å². The van der Waals surface area contributed by atoms with Crippen LogP contribution in [0.15, 0.2) is 0 Å². The van der Waals surface area contributed by atoms with Gasteiger partial charge in [-0.15, -0.1) is 0 Å². The second-order valence-corrected chi connectivity index (χ2v) is 9.17. The standard InChI is InChI=1S/C19H34N4/c1-13-12-20-14(2)19-18(9-4-5-10-18)16-7-6-8-17(11-16)22(19)15(3)21-23(13)19/h13-17,20-21H,4-12H2,1-3H3. The van der Waals surface area contributed by atoms with E-state index in [9.17, 15) is 0 Å². The highest BCUT2D eigenvalue weighted by molar-refractivity contribution is 5.23. The molecule has 3 saturated heterocycles. The van der Waals surface area contributed by atoms with Crippen LogP contribution in [0.4, 0.5) is 0 Å². The van der Waals surface area contributed by atoms with E-state index in [1.54, 1.807) is 0 Å². The molecule has 2 spiro atoms. The fourth-order valence-electron chi connectivity index (χ4n) is 7.78. The number of rotatable bonds is 0. The fourth-order valence-corrected chi connectivity index (χ4v) is 7.78. The van der Waals surface area contributed by atoms with Crippen molar-refractivity contribution in [3.05, 3.63) is 0 Å². The Bertz CT molecular complexity index is 488. The molecule has 130 valence electrons. The molecule has 3 aliphatic heterocycles. The van der Waals surface area contributed by atoms with Crippen molar-refractivity contribution in [2.75, 3.05) is 6.54 Å². The summed E-state index contributed by atoms with van der Waals surface area (Å²) in [5.74, 6) is 0.948. The van der Waals surface area contributed by atoms with Gasteiger partial charge < -0.3 is 5.32 Å². The molecule has 3 heterocycles. The summed E-state index contributed by atoms with van der Waals surface area (Å²) in [6, 6.07) is 1.93. The number of piperidine rings is 1. The molecule has 4 nitrogen and oxygen atoms in total. The molecule has 0 aromatic rings. The topological polar surface area (TPSA) is 30.5 Å². The van der Waals surface area contributed by atoms with Crippen molar-refractivity contribution < 1.29 is 0 Å². The third-order valence-electron chi connectivity index (χ3n) is 8.32. The third kappa shape index (κ3) is 1.62. The third-order valence-corrected chi connectivity index (χ3v) is 8.32. The maximum Gasteiger partial charge on any atom is 0.110 e. The molecule has 0 aromatic carbocycles. The number of piperazine rings is 1. The molecule has 2 bridgehead atoms. The van der Waals surface area contributed by atoms with Crippen LogP contribution < -0.4 is 10.7 Å². The van der Waals surface area contributed by atoms with Gasteiger partial charge in [0.2, 0.25) is 0 Å². The molecule has 0 radical (unpaired) electrons. The summed E-state index contributed by atoms with van der Waals surface area (Å²) in [5, 5.41) is 6.68. The van der Waals surface area contributed by atoms with E-state index in [0.717, 1.165) is 18.5 Å². The van der Waals surface area contributed by atoms with Gasteiger partial charge in [-0.1, -0.05) is 19.3 Å². The van der Waals surface area contributed by atoms with E-state index in [1.807, 2.05) is 0 Å². The molecule has 2 aliphatic carbocycles. The number of nitrogens with zero attached hydrogens (tertiary/aromatic N) is 2. The van der Waals surface area contributed by atoms with Crippen LogP contribution in [-0.2, 0) is 0 Å². The maximum absolute atomic E-state index is 3.95. The number of fused-ring (bicyclic) bond motifs is 4. The lowest BCUT2D eigenvalue weighted by molar-refractivity contribution is -0.231. The molecule has 6 atom stereocenters. The van der Waals surface area contributed by atoms with Crippen LogP contribution in [0.5, 0.6) is 0 Å². The Balaban J connectivity index is 1.73. The van der Waals surface area contributed by atoms with E-state index >= 15 is 0 Å². The largest absolute Gasteiger partial charge is 0.309 e. The summed E-state index contributed by atoms with van der Waals surface area (Å²) in [5.41, 5.74) is 4.66. The molecule has 5 aliphatic rings. The summed E-state index contributed by atoms with van der Waals surface area (Å²) in [4.78, 5) is 2.96. The van der Waals surface area contributed by atoms with Gasteiger partial charge >= 0.3 is 0 Å². The van der Waals surface area contributed by atoms with E-state index in [0.29, 0.717) is 23.7 Å². The first kappa shape index (κ1) is 15.1. The average Bonchev–Trinajstić information content (AvgIpc) is 3.15. The maximum atomic E-state index is 3.95. The Morgan fingerprint density at radius 3 is 2.57 bits per heavy atom. The van der Waals surface area contributed by atoms with E-state index in [1.165, 1.54) is 51.4 Å². The summed E-state index contributed by atoms with van der Waals surface area (Å²) >= 11 is 0. The zero-order valence-electron chi connectivity index (χ0n) is 15.1. The van der Waals surface area contributed by atoms with E-state index < -0.39 is 0 Å². The number of hydrogen-bond acceptors (Lipinski definition) is 4. The minimum absolute atomic E-state index is 0.203. The van der Waals surface area contributed by atoms with Gasteiger partial charge in [0, 0.05) is 30.1 Å². The van der Waals surface area contributed by atoms with Gasteiger partial charge in [0.25, 0.3) is 0 Å². The zero-order chi connectivity index (χ0) is 15.8. The van der Waals surface area contributed by atoms with Gasteiger partial charge in [0.05, 0.1) is 6.17 Å². The van der Waals surface area contributed by atoms with Crippen LogP contribution in [0.3, 0.4) is 0 Å². The van der Waals surface area contributed by atoms with Gasteiger partial charge in [0.1, 0.15) is 5.66 Å². The molecule has 6 unspecified atom stereocenters. The van der Waals surface area contributed by atoms with E-state index in [4.69, 9.17) is 0 Å². The Hall–Kier alpha value is -0.160. The van der Waals surface area contributed by atoms with Crippen molar-refractivity contribution in [3.63, 3.8) is 0 Å². The number of hydrazine groups is 1. The second kappa shape index (κ2) is 4.94. The molecular formula is C19H34N4. The predicted molar refractivity (Wildman–Crippen MR) is 92.6 cm³/mol. The van der Waals surface area contributed by atoms with Gasteiger partial charge in [-0.05, 0) is 58.8 Å². The van der Waals surface area contributed by atoms with Gasteiger partial charge in [-0.2, -0.15) is 0 Å².